The second-order valence-corrected chi connectivity index (χ2v) is 4.71. The van der Waals surface area contributed by atoms with E-state index in [9.17, 15) is 9.18 Å². The fourth-order valence-electron chi connectivity index (χ4n) is 1.33. The highest BCUT2D eigenvalue weighted by atomic mass is 79.9. The summed E-state index contributed by atoms with van der Waals surface area (Å²) in [6.07, 6.45) is 0.154. The van der Waals surface area contributed by atoms with Crippen molar-refractivity contribution >= 4 is 27.5 Å². The smallest absolute Gasteiger partial charge is 0.260 e. The number of ether oxygens (including phenoxy) is 1. The van der Waals surface area contributed by atoms with Gasteiger partial charge < -0.3 is 15.8 Å². The zero-order chi connectivity index (χ0) is 13.7. The zero-order valence-electron chi connectivity index (χ0n) is 10.3. The van der Waals surface area contributed by atoms with Crippen molar-refractivity contribution < 1.29 is 13.9 Å². The second-order valence-electron chi connectivity index (χ2n) is 3.86. The molecule has 1 rings (SSSR count). The lowest BCUT2D eigenvalue weighted by atomic mass is 10.3. The van der Waals surface area contributed by atoms with Crippen molar-refractivity contribution in [2.24, 2.45) is 0 Å². The number of anilines is 1. The van der Waals surface area contributed by atoms with Crippen LogP contribution in [0.3, 0.4) is 0 Å². The number of carbonyl (C=O) groups is 1. The summed E-state index contributed by atoms with van der Waals surface area (Å²) in [5, 5.41) is 2.71. The molecule has 0 aliphatic carbocycles. The number of halogens is 2. The Bertz CT molecular complexity index is 417. The summed E-state index contributed by atoms with van der Waals surface area (Å²) in [7, 11) is 0. The molecule has 100 valence electrons. The van der Waals surface area contributed by atoms with Crippen molar-refractivity contribution in [1.29, 1.82) is 0 Å². The van der Waals surface area contributed by atoms with Crippen LogP contribution >= 0.6 is 15.9 Å². The maximum atomic E-state index is 13.0. The van der Waals surface area contributed by atoms with Gasteiger partial charge in [0.15, 0.2) is 11.9 Å². The number of rotatable bonds is 5. The number of nitrogens with one attached hydrogen (secondary N) is 1. The summed E-state index contributed by atoms with van der Waals surface area (Å²) in [6.45, 7) is 4.16. The molecule has 0 aliphatic heterocycles. The van der Waals surface area contributed by atoms with Crippen molar-refractivity contribution in [3.63, 3.8) is 0 Å². The summed E-state index contributed by atoms with van der Waals surface area (Å²) in [5.41, 5.74) is 5.79. The van der Waals surface area contributed by atoms with Crippen LogP contribution in [-0.2, 0) is 4.79 Å². The van der Waals surface area contributed by atoms with E-state index in [1.54, 1.807) is 6.92 Å². The average molecular weight is 319 g/mol. The van der Waals surface area contributed by atoms with Crippen molar-refractivity contribution in [3.05, 3.63) is 22.4 Å². The van der Waals surface area contributed by atoms with Crippen molar-refractivity contribution in [2.45, 2.75) is 26.4 Å². The molecule has 0 radical (unpaired) electrons. The SMILES string of the molecule is CCCNC(=O)C(C)Oc1c(N)cc(F)cc1Br. The van der Waals surface area contributed by atoms with E-state index in [4.69, 9.17) is 10.5 Å². The van der Waals surface area contributed by atoms with Crippen LogP contribution in [0.25, 0.3) is 0 Å². The minimum atomic E-state index is -0.694. The highest BCUT2D eigenvalue weighted by molar-refractivity contribution is 9.10. The first kappa shape index (κ1) is 14.8. The monoisotopic (exact) mass is 318 g/mol. The normalized spacial score (nSPS) is 12.0. The number of nitrogen functional groups attached to an aromatic ring is 1. The lowest BCUT2D eigenvalue weighted by molar-refractivity contribution is -0.127. The Balaban J connectivity index is 2.75. The van der Waals surface area contributed by atoms with Crippen LogP contribution < -0.4 is 15.8 Å². The minimum Gasteiger partial charge on any atom is -0.478 e. The number of benzene rings is 1. The molecule has 0 fully saturated rings. The van der Waals surface area contributed by atoms with E-state index < -0.39 is 11.9 Å². The average Bonchev–Trinajstić information content (AvgIpc) is 2.30. The molecule has 3 N–H and O–H groups in total. The van der Waals surface area contributed by atoms with Gasteiger partial charge in [-0.15, -0.1) is 0 Å². The molecule has 0 aromatic heterocycles. The topological polar surface area (TPSA) is 64.3 Å². The van der Waals surface area contributed by atoms with Crippen LogP contribution in [0.15, 0.2) is 16.6 Å². The molecule has 0 saturated heterocycles. The van der Waals surface area contributed by atoms with Crippen molar-refractivity contribution in [2.75, 3.05) is 12.3 Å². The molecular formula is C12H16BrFN2O2. The van der Waals surface area contributed by atoms with E-state index in [0.29, 0.717) is 11.0 Å². The predicted octanol–water partition coefficient (Wildman–Crippen LogP) is 2.46. The Morgan fingerprint density at radius 2 is 2.28 bits per heavy atom. The van der Waals surface area contributed by atoms with E-state index >= 15 is 0 Å². The number of hydrogen-bond acceptors (Lipinski definition) is 3. The van der Waals surface area contributed by atoms with E-state index in [1.165, 1.54) is 6.07 Å². The third kappa shape index (κ3) is 3.87. The second kappa shape index (κ2) is 6.58. The first-order chi connectivity index (χ1) is 8.45. The Hall–Kier alpha value is -1.30. The van der Waals surface area contributed by atoms with Crippen LogP contribution in [0.2, 0.25) is 0 Å². The largest absolute Gasteiger partial charge is 0.478 e. The van der Waals surface area contributed by atoms with Gasteiger partial charge in [0.2, 0.25) is 0 Å². The summed E-state index contributed by atoms with van der Waals surface area (Å²) in [5.74, 6) is -0.419. The predicted molar refractivity (Wildman–Crippen MR) is 71.9 cm³/mol. The molecule has 18 heavy (non-hydrogen) atoms. The maximum absolute atomic E-state index is 13.0. The molecule has 1 aromatic rings. The molecule has 4 nitrogen and oxygen atoms in total. The first-order valence-electron chi connectivity index (χ1n) is 5.64. The third-order valence-corrected chi connectivity index (χ3v) is 2.84. The minimum absolute atomic E-state index is 0.150. The molecule has 0 saturated carbocycles. The highest BCUT2D eigenvalue weighted by Crippen LogP contribution is 2.33. The standard InChI is InChI=1S/C12H16BrFN2O2/c1-3-4-16-12(17)7(2)18-11-9(13)5-8(14)6-10(11)15/h5-7H,3-4,15H2,1-2H3,(H,16,17). The van der Waals surface area contributed by atoms with Crippen molar-refractivity contribution in [3.8, 4) is 5.75 Å². The number of carbonyl (C=O) groups excluding carboxylic acids is 1. The van der Waals surface area contributed by atoms with Gasteiger partial charge in [-0.2, -0.15) is 0 Å². The fourth-order valence-corrected chi connectivity index (χ4v) is 1.87. The van der Waals surface area contributed by atoms with Gasteiger partial charge in [0.1, 0.15) is 5.82 Å². The van der Waals surface area contributed by atoms with Gasteiger partial charge in [-0.1, -0.05) is 6.92 Å². The van der Waals surface area contributed by atoms with Crippen molar-refractivity contribution in [1.82, 2.24) is 5.32 Å². The quantitative estimate of drug-likeness (QED) is 0.820. The number of nitrogens with two attached hydrogens (primary N) is 1. The summed E-state index contributed by atoms with van der Waals surface area (Å²) >= 11 is 3.15. The lowest BCUT2D eigenvalue weighted by Crippen LogP contribution is -2.36. The van der Waals surface area contributed by atoms with Gasteiger partial charge in [-0.05, 0) is 35.3 Å². The Morgan fingerprint density at radius 1 is 1.61 bits per heavy atom. The molecular weight excluding hydrogens is 303 g/mol. The Morgan fingerprint density at radius 3 is 2.83 bits per heavy atom. The number of amides is 1. The molecule has 0 aliphatic rings. The third-order valence-electron chi connectivity index (χ3n) is 2.25. The molecule has 1 atom stereocenters. The zero-order valence-corrected chi connectivity index (χ0v) is 11.9. The van der Waals surface area contributed by atoms with E-state index in [2.05, 4.69) is 21.2 Å². The van der Waals surface area contributed by atoms with Gasteiger partial charge in [-0.25, -0.2) is 4.39 Å². The molecule has 1 aromatic carbocycles. The van der Waals surface area contributed by atoms with Crippen LogP contribution in [0.1, 0.15) is 20.3 Å². The Kier molecular flexibility index (Phi) is 5.40. The molecule has 0 heterocycles. The fraction of sp³-hybridized carbons (Fsp3) is 0.417. The number of hydrogen-bond donors (Lipinski definition) is 2. The summed E-state index contributed by atoms with van der Waals surface area (Å²) in [6, 6.07) is 2.39. The van der Waals surface area contributed by atoms with Crippen LogP contribution in [-0.4, -0.2) is 18.6 Å². The van der Waals surface area contributed by atoms with E-state index in [0.717, 1.165) is 12.5 Å². The molecule has 1 amide bonds. The van der Waals surface area contributed by atoms with Gasteiger partial charge in [0.05, 0.1) is 10.2 Å². The first-order valence-corrected chi connectivity index (χ1v) is 6.43. The van der Waals surface area contributed by atoms with Crippen LogP contribution in [0.4, 0.5) is 10.1 Å². The van der Waals surface area contributed by atoms with Crippen LogP contribution in [0.5, 0.6) is 5.75 Å². The van der Waals surface area contributed by atoms with Gasteiger partial charge in [0, 0.05) is 12.6 Å². The van der Waals surface area contributed by atoms with E-state index in [-0.39, 0.29) is 17.3 Å². The molecule has 0 bridgehead atoms. The Labute approximate surface area is 114 Å². The molecule has 0 spiro atoms. The molecule has 1 unspecified atom stereocenters. The molecule has 6 heteroatoms. The van der Waals surface area contributed by atoms with Gasteiger partial charge in [-0.3, -0.25) is 4.79 Å². The lowest BCUT2D eigenvalue weighted by Gasteiger charge is -2.17. The maximum Gasteiger partial charge on any atom is 0.260 e. The summed E-state index contributed by atoms with van der Waals surface area (Å²) in [4.78, 5) is 11.6. The van der Waals surface area contributed by atoms with Gasteiger partial charge >= 0.3 is 0 Å². The van der Waals surface area contributed by atoms with Gasteiger partial charge in [0.25, 0.3) is 5.91 Å². The highest BCUT2D eigenvalue weighted by Gasteiger charge is 2.17. The van der Waals surface area contributed by atoms with Crippen LogP contribution in [0, 0.1) is 5.82 Å². The van der Waals surface area contributed by atoms with E-state index in [1.807, 2.05) is 6.92 Å². The summed E-state index contributed by atoms with van der Waals surface area (Å²) < 4.78 is 18.8.